The number of amides is 1. The van der Waals surface area contributed by atoms with Gasteiger partial charge in [-0.25, -0.2) is 0 Å². The molecule has 1 amide bonds. The van der Waals surface area contributed by atoms with E-state index in [-0.39, 0.29) is 18.5 Å². The third kappa shape index (κ3) is 66.8. The predicted molar refractivity (Wildman–Crippen MR) is 430 cm³/mol. The number of ether oxygens (including phenoxy) is 3. The molecule has 11 heteroatoms. The van der Waals surface area contributed by atoms with Gasteiger partial charge in [0.1, 0.15) is 24.4 Å². The first kappa shape index (κ1) is 96.6. The van der Waals surface area contributed by atoms with Crippen LogP contribution in [0.3, 0.4) is 0 Å². The highest BCUT2D eigenvalue weighted by Crippen LogP contribution is 2.24. The van der Waals surface area contributed by atoms with Crippen LogP contribution in [-0.2, 0) is 23.8 Å². The summed E-state index contributed by atoms with van der Waals surface area (Å²) in [5.74, 6) is -0.160. The fraction of sp³-hybridized carbons (Fsp3) is 0.889. The molecule has 0 aromatic carbocycles. The van der Waals surface area contributed by atoms with E-state index in [0.717, 1.165) is 64.2 Å². The number of carbonyl (C=O) groups excluding carboxylic acids is 2. The molecule has 0 saturated carbocycles. The Bertz CT molecular complexity index is 1820. The van der Waals surface area contributed by atoms with Crippen LogP contribution in [0, 0.1) is 0 Å². The van der Waals surface area contributed by atoms with Crippen molar-refractivity contribution in [3.05, 3.63) is 48.6 Å². The Balaban J connectivity index is 1.89. The number of aliphatic hydroxyl groups excluding tert-OH is 5. The van der Waals surface area contributed by atoms with Crippen LogP contribution >= 0.6 is 0 Å². The molecule has 101 heavy (non-hydrogen) atoms. The summed E-state index contributed by atoms with van der Waals surface area (Å²) in [5.41, 5.74) is 0. The summed E-state index contributed by atoms with van der Waals surface area (Å²) >= 11 is 0. The average molecular weight is 1430 g/mol. The van der Waals surface area contributed by atoms with Crippen molar-refractivity contribution in [1.82, 2.24) is 5.32 Å². The van der Waals surface area contributed by atoms with Gasteiger partial charge in [0.2, 0.25) is 5.91 Å². The highest BCUT2D eigenvalue weighted by molar-refractivity contribution is 5.76. The zero-order valence-corrected chi connectivity index (χ0v) is 66.6. The van der Waals surface area contributed by atoms with Crippen LogP contribution in [0.15, 0.2) is 48.6 Å². The van der Waals surface area contributed by atoms with Gasteiger partial charge in [-0.2, -0.15) is 0 Å². The molecule has 11 nitrogen and oxygen atoms in total. The predicted octanol–water partition coefficient (Wildman–Crippen LogP) is 25.0. The molecule has 7 atom stereocenters. The van der Waals surface area contributed by atoms with Gasteiger partial charge in [0, 0.05) is 12.8 Å². The molecular weight excluding hydrogens is 1250 g/mol. The van der Waals surface area contributed by atoms with Crippen LogP contribution in [0.2, 0.25) is 0 Å². The van der Waals surface area contributed by atoms with E-state index in [1.807, 2.05) is 6.08 Å². The smallest absolute Gasteiger partial charge is 0.305 e. The molecule has 7 unspecified atom stereocenters. The van der Waals surface area contributed by atoms with Gasteiger partial charge in [-0.3, -0.25) is 9.59 Å². The molecule has 0 bridgehead atoms. The molecule has 1 fully saturated rings. The topological polar surface area (TPSA) is 175 Å². The number of esters is 1. The Morgan fingerprint density at radius 3 is 1.01 bits per heavy atom. The van der Waals surface area contributed by atoms with Crippen molar-refractivity contribution in [1.29, 1.82) is 0 Å². The molecule has 0 radical (unpaired) electrons. The molecule has 1 aliphatic heterocycles. The Morgan fingerprint density at radius 1 is 0.366 bits per heavy atom. The molecule has 0 aliphatic carbocycles. The zero-order chi connectivity index (χ0) is 72.9. The fourth-order valence-electron chi connectivity index (χ4n) is 14.2. The van der Waals surface area contributed by atoms with Crippen LogP contribution in [0.5, 0.6) is 0 Å². The summed E-state index contributed by atoms with van der Waals surface area (Å²) in [7, 11) is 0. The zero-order valence-electron chi connectivity index (χ0n) is 66.6. The van der Waals surface area contributed by atoms with Crippen LogP contribution in [0.4, 0.5) is 0 Å². The minimum atomic E-state index is -1.57. The monoisotopic (exact) mass is 1420 g/mol. The maximum atomic E-state index is 13.1. The first-order valence-corrected chi connectivity index (χ1v) is 44.4. The van der Waals surface area contributed by atoms with Gasteiger partial charge in [0.25, 0.3) is 0 Å². The lowest BCUT2D eigenvalue weighted by Crippen LogP contribution is -2.60. The number of unbranched alkanes of at least 4 members (excludes halogenated alkanes) is 60. The van der Waals surface area contributed by atoms with Crippen molar-refractivity contribution in [3.63, 3.8) is 0 Å². The summed E-state index contributed by atoms with van der Waals surface area (Å²) in [6.07, 6.45) is 95.9. The summed E-state index contributed by atoms with van der Waals surface area (Å²) in [5, 5.41) is 54.7. The lowest BCUT2D eigenvalue weighted by molar-refractivity contribution is -0.302. The Hall–Kier alpha value is -2.38. The quantitative estimate of drug-likeness (QED) is 0.0195. The molecule has 1 aliphatic rings. The normalized spacial score (nSPS) is 17.2. The third-order valence-electron chi connectivity index (χ3n) is 21.2. The Kier molecular flexibility index (Phi) is 75.3. The minimum Gasteiger partial charge on any atom is -0.466 e. The number of aliphatic hydroxyl groups is 5. The standard InChI is InChI=1S/C90H169NO10/c1-3-5-7-9-11-13-15-17-19-20-42-46-50-54-58-62-66-70-74-78-86(95)99-79-75-71-67-63-59-55-51-47-44-41-39-37-35-33-31-29-27-25-23-21-22-24-26-28-30-32-34-36-38-40-43-45-49-53-57-61-65-69-73-77-85(94)91-82(81-100-90-89(98)88(97)87(96)84(80-92)101-90)83(93)76-72-68-64-60-56-52-48-18-16-14-12-10-8-6-4-2/h17,19,21-22,25,27,72,76,82-84,87-90,92-93,96-98H,3-16,18,20,23-24,26,28-71,73-75,77-81H2,1-2H3,(H,91,94)/b19-17-,22-21-,27-25-,76-72+. The van der Waals surface area contributed by atoms with Gasteiger partial charge < -0.3 is 45.1 Å². The van der Waals surface area contributed by atoms with E-state index in [9.17, 15) is 35.1 Å². The van der Waals surface area contributed by atoms with Crippen molar-refractivity contribution in [3.8, 4) is 0 Å². The molecular formula is C90H169NO10. The molecule has 1 heterocycles. The van der Waals surface area contributed by atoms with E-state index in [4.69, 9.17) is 14.2 Å². The van der Waals surface area contributed by atoms with E-state index in [2.05, 4.69) is 55.6 Å². The second-order valence-corrected chi connectivity index (χ2v) is 30.9. The van der Waals surface area contributed by atoms with E-state index < -0.39 is 49.5 Å². The molecule has 594 valence electrons. The van der Waals surface area contributed by atoms with Gasteiger partial charge in [0.05, 0.1) is 32.0 Å². The van der Waals surface area contributed by atoms with Gasteiger partial charge in [0.15, 0.2) is 6.29 Å². The summed E-state index contributed by atoms with van der Waals surface area (Å²) in [6.45, 7) is 4.41. The molecule has 0 aromatic heterocycles. The maximum Gasteiger partial charge on any atom is 0.305 e. The molecule has 1 saturated heterocycles. The van der Waals surface area contributed by atoms with Crippen molar-refractivity contribution < 1.29 is 49.3 Å². The van der Waals surface area contributed by atoms with Crippen molar-refractivity contribution in [2.75, 3.05) is 19.8 Å². The highest BCUT2D eigenvalue weighted by atomic mass is 16.7. The van der Waals surface area contributed by atoms with Gasteiger partial charge in [-0.05, 0) is 89.9 Å². The molecule has 6 N–H and O–H groups in total. The van der Waals surface area contributed by atoms with Crippen molar-refractivity contribution in [2.24, 2.45) is 0 Å². The Labute approximate surface area is 625 Å². The minimum absolute atomic E-state index is 0.0150. The van der Waals surface area contributed by atoms with E-state index in [0.29, 0.717) is 19.4 Å². The first-order valence-electron chi connectivity index (χ1n) is 44.4. The van der Waals surface area contributed by atoms with Crippen molar-refractivity contribution in [2.45, 2.75) is 493 Å². The molecule has 1 rings (SSSR count). The SMILES string of the molecule is CCCCCCCC/C=C\CCCCCCCCCCCC(=O)OCCCCCCCCCCCCCCCCC/C=C\C/C=C\CCCCCCCCCCCCCCCCCCCC(=O)NC(COC1OC(CO)C(O)C(O)C1O)C(O)/C=C/CCCCCCCCCCCCCCC. The lowest BCUT2D eigenvalue weighted by Gasteiger charge is -2.40. The maximum absolute atomic E-state index is 13.1. The second kappa shape index (κ2) is 78.7. The van der Waals surface area contributed by atoms with Crippen LogP contribution in [0.1, 0.15) is 450 Å². The van der Waals surface area contributed by atoms with Gasteiger partial charge in [-0.15, -0.1) is 0 Å². The number of hydrogen-bond acceptors (Lipinski definition) is 10. The molecule has 0 spiro atoms. The number of allylic oxidation sites excluding steroid dienone is 7. The highest BCUT2D eigenvalue weighted by Gasteiger charge is 2.44. The average Bonchev–Trinajstić information content (AvgIpc) is 0.823. The van der Waals surface area contributed by atoms with Crippen LogP contribution in [-0.4, -0.2) is 100 Å². The lowest BCUT2D eigenvalue weighted by atomic mass is 9.99. The second-order valence-electron chi connectivity index (χ2n) is 30.9. The summed E-state index contributed by atoms with van der Waals surface area (Å²) < 4.78 is 16.8. The number of nitrogens with one attached hydrogen (secondary N) is 1. The van der Waals surface area contributed by atoms with E-state index >= 15 is 0 Å². The van der Waals surface area contributed by atoms with Crippen LogP contribution in [0.25, 0.3) is 0 Å². The largest absolute Gasteiger partial charge is 0.466 e. The first-order chi connectivity index (χ1) is 49.7. The van der Waals surface area contributed by atoms with Crippen molar-refractivity contribution >= 4 is 11.9 Å². The van der Waals surface area contributed by atoms with Gasteiger partial charge in [-0.1, -0.05) is 396 Å². The summed E-state index contributed by atoms with van der Waals surface area (Å²) in [6, 6.07) is -0.809. The van der Waals surface area contributed by atoms with Crippen LogP contribution < -0.4 is 5.32 Å². The van der Waals surface area contributed by atoms with Gasteiger partial charge >= 0.3 is 5.97 Å². The number of hydrogen-bond donors (Lipinski definition) is 6. The number of carbonyl (C=O) groups is 2. The van der Waals surface area contributed by atoms with E-state index in [1.165, 1.54) is 360 Å². The molecule has 0 aromatic rings. The Morgan fingerprint density at radius 2 is 0.663 bits per heavy atom. The fourth-order valence-corrected chi connectivity index (χ4v) is 14.2. The summed E-state index contributed by atoms with van der Waals surface area (Å²) in [4.78, 5) is 25.3. The van der Waals surface area contributed by atoms with E-state index in [1.54, 1.807) is 6.08 Å². The number of rotatable bonds is 80. The third-order valence-corrected chi connectivity index (χ3v) is 21.2.